The SMILES string of the molecule is COc1cc(Br)c(CNc2ncncc2Cl)cc1OC. The van der Waals surface area contributed by atoms with Gasteiger partial charge in [0.15, 0.2) is 11.5 Å². The van der Waals surface area contributed by atoms with Gasteiger partial charge in [-0.3, -0.25) is 0 Å². The quantitative estimate of drug-likeness (QED) is 0.886. The molecule has 0 amide bonds. The van der Waals surface area contributed by atoms with Crippen molar-refractivity contribution in [2.75, 3.05) is 19.5 Å². The molecule has 0 saturated carbocycles. The van der Waals surface area contributed by atoms with E-state index in [4.69, 9.17) is 21.1 Å². The van der Waals surface area contributed by atoms with Crippen LogP contribution in [0, 0.1) is 0 Å². The van der Waals surface area contributed by atoms with Crippen LogP contribution in [0.1, 0.15) is 5.56 Å². The number of methoxy groups -OCH3 is 2. The number of aromatic nitrogens is 2. The molecule has 1 N–H and O–H groups in total. The van der Waals surface area contributed by atoms with Crippen molar-refractivity contribution in [3.8, 4) is 11.5 Å². The van der Waals surface area contributed by atoms with Gasteiger partial charge in [0.25, 0.3) is 0 Å². The number of nitrogens with one attached hydrogen (secondary N) is 1. The molecule has 0 unspecified atom stereocenters. The zero-order valence-corrected chi connectivity index (χ0v) is 13.3. The van der Waals surface area contributed by atoms with Crippen molar-refractivity contribution in [1.29, 1.82) is 0 Å². The van der Waals surface area contributed by atoms with Gasteiger partial charge in [-0.2, -0.15) is 0 Å². The number of hydrogen-bond acceptors (Lipinski definition) is 5. The summed E-state index contributed by atoms with van der Waals surface area (Å²) in [7, 11) is 3.20. The molecule has 2 aromatic rings. The zero-order chi connectivity index (χ0) is 14.5. The van der Waals surface area contributed by atoms with Crippen LogP contribution in [0.3, 0.4) is 0 Å². The molecular formula is C13H13BrClN3O2. The highest BCUT2D eigenvalue weighted by Crippen LogP contribution is 2.33. The van der Waals surface area contributed by atoms with Gasteiger partial charge in [-0.1, -0.05) is 27.5 Å². The fourth-order valence-corrected chi connectivity index (χ4v) is 2.29. The van der Waals surface area contributed by atoms with Gasteiger partial charge in [-0.05, 0) is 17.7 Å². The first-order chi connectivity index (χ1) is 9.65. The molecule has 1 aromatic carbocycles. The Hall–Kier alpha value is -1.53. The Balaban J connectivity index is 2.19. The Labute approximate surface area is 130 Å². The molecule has 0 aliphatic heterocycles. The molecule has 7 heteroatoms. The largest absolute Gasteiger partial charge is 0.493 e. The van der Waals surface area contributed by atoms with E-state index in [1.165, 1.54) is 6.33 Å². The Kier molecular flexibility index (Phi) is 5.03. The van der Waals surface area contributed by atoms with E-state index in [-0.39, 0.29) is 0 Å². The first-order valence-corrected chi connectivity index (χ1v) is 6.92. The summed E-state index contributed by atoms with van der Waals surface area (Å²) in [5.41, 5.74) is 0.998. The second kappa shape index (κ2) is 6.76. The minimum atomic E-state index is 0.476. The van der Waals surface area contributed by atoms with E-state index in [9.17, 15) is 0 Å². The monoisotopic (exact) mass is 357 g/mol. The number of rotatable bonds is 5. The van der Waals surface area contributed by atoms with Crippen molar-refractivity contribution >= 4 is 33.3 Å². The summed E-state index contributed by atoms with van der Waals surface area (Å²) in [5, 5.41) is 3.63. The maximum atomic E-state index is 5.99. The standard InChI is InChI=1S/C13H13BrClN3O2/c1-19-11-3-8(9(14)4-12(11)20-2)5-17-13-10(15)6-16-7-18-13/h3-4,6-7H,5H2,1-2H3,(H,16,17,18). The maximum absolute atomic E-state index is 5.99. The zero-order valence-electron chi connectivity index (χ0n) is 11.0. The summed E-state index contributed by atoms with van der Waals surface area (Å²) in [6.07, 6.45) is 2.98. The molecule has 20 heavy (non-hydrogen) atoms. The number of ether oxygens (including phenoxy) is 2. The lowest BCUT2D eigenvalue weighted by Gasteiger charge is -2.13. The fraction of sp³-hybridized carbons (Fsp3) is 0.231. The normalized spacial score (nSPS) is 10.2. The molecule has 0 aliphatic rings. The molecule has 0 aliphatic carbocycles. The molecule has 0 atom stereocenters. The number of nitrogens with zero attached hydrogens (tertiary/aromatic N) is 2. The summed E-state index contributed by atoms with van der Waals surface area (Å²) in [6, 6.07) is 3.75. The predicted molar refractivity (Wildman–Crippen MR) is 81.6 cm³/mol. The van der Waals surface area contributed by atoms with Crippen LogP contribution < -0.4 is 14.8 Å². The van der Waals surface area contributed by atoms with E-state index in [2.05, 4.69) is 31.2 Å². The summed E-state index contributed by atoms with van der Waals surface area (Å²) in [4.78, 5) is 7.91. The van der Waals surface area contributed by atoms with E-state index in [1.807, 2.05) is 12.1 Å². The molecule has 0 saturated heterocycles. The van der Waals surface area contributed by atoms with Crippen molar-refractivity contribution < 1.29 is 9.47 Å². The number of hydrogen-bond donors (Lipinski definition) is 1. The lowest BCUT2D eigenvalue weighted by molar-refractivity contribution is 0.354. The molecule has 0 fully saturated rings. The summed E-state index contributed by atoms with van der Waals surface area (Å²) in [5.74, 6) is 1.92. The fourth-order valence-electron chi connectivity index (χ4n) is 1.65. The smallest absolute Gasteiger partial charge is 0.161 e. The van der Waals surface area contributed by atoms with Crippen LogP contribution in [-0.4, -0.2) is 24.2 Å². The van der Waals surface area contributed by atoms with E-state index < -0.39 is 0 Å². The molecule has 5 nitrogen and oxygen atoms in total. The summed E-state index contributed by atoms with van der Waals surface area (Å²) >= 11 is 9.49. The van der Waals surface area contributed by atoms with Crippen molar-refractivity contribution in [3.63, 3.8) is 0 Å². The van der Waals surface area contributed by atoms with Crippen molar-refractivity contribution in [2.24, 2.45) is 0 Å². The average molecular weight is 359 g/mol. The first kappa shape index (κ1) is 14.9. The van der Waals surface area contributed by atoms with Gasteiger partial charge in [-0.15, -0.1) is 0 Å². The predicted octanol–water partition coefficient (Wildman–Crippen LogP) is 3.52. The average Bonchev–Trinajstić information content (AvgIpc) is 2.47. The van der Waals surface area contributed by atoms with Crippen LogP contribution in [0.2, 0.25) is 5.02 Å². The van der Waals surface area contributed by atoms with Gasteiger partial charge in [0.2, 0.25) is 0 Å². The third kappa shape index (κ3) is 3.32. The molecule has 0 spiro atoms. The molecular weight excluding hydrogens is 346 g/mol. The third-order valence-electron chi connectivity index (χ3n) is 2.67. The minimum absolute atomic E-state index is 0.476. The molecule has 2 rings (SSSR count). The second-order valence-corrected chi connectivity index (χ2v) is 5.13. The van der Waals surface area contributed by atoms with Crippen LogP contribution >= 0.6 is 27.5 Å². The minimum Gasteiger partial charge on any atom is -0.493 e. The topological polar surface area (TPSA) is 56.3 Å². The van der Waals surface area contributed by atoms with Gasteiger partial charge in [-0.25, -0.2) is 9.97 Å². The summed E-state index contributed by atoms with van der Waals surface area (Å²) < 4.78 is 11.4. The highest BCUT2D eigenvalue weighted by molar-refractivity contribution is 9.10. The van der Waals surface area contributed by atoms with Gasteiger partial charge in [0.1, 0.15) is 17.2 Å². The summed E-state index contributed by atoms with van der Waals surface area (Å²) in [6.45, 7) is 0.539. The molecule has 0 bridgehead atoms. The van der Waals surface area contributed by atoms with Crippen molar-refractivity contribution in [1.82, 2.24) is 9.97 Å². The van der Waals surface area contributed by atoms with E-state index >= 15 is 0 Å². The molecule has 106 valence electrons. The molecule has 1 heterocycles. The van der Waals surface area contributed by atoms with Crippen molar-refractivity contribution in [2.45, 2.75) is 6.54 Å². The Morgan fingerprint density at radius 3 is 2.60 bits per heavy atom. The third-order valence-corrected chi connectivity index (χ3v) is 3.68. The Morgan fingerprint density at radius 2 is 1.95 bits per heavy atom. The Morgan fingerprint density at radius 1 is 1.25 bits per heavy atom. The highest BCUT2D eigenvalue weighted by atomic mass is 79.9. The van der Waals surface area contributed by atoms with Gasteiger partial charge >= 0.3 is 0 Å². The number of anilines is 1. The highest BCUT2D eigenvalue weighted by Gasteiger charge is 2.10. The van der Waals surface area contributed by atoms with Gasteiger partial charge in [0.05, 0.1) is 20.4 Å². The molecule has 0 radical (unpaired) electrons. The van der Waals surface area contributed by atoms with E-state index in [0.29, 0.717) is 28.9 Å². The lowest BCUT2D eigenvalue weighted by Crippen LogP contribution is -2.04. The van der Waals surface area contributed by atoms with E-state index in [0.717, 1.165) is 10.0 Å². The van der Waals surface area contributed by atoms with Crippen LogP contribution in [0.5, 0.6) is 11.5 Å². The second-order valence-electron chi connectivity index (χ2n) is 3.87. The number of halogens is 2. The van der Waals surface area contributed by atoms with Gasteiger partial charge < -0.3 is 14.8 Å². The first-order valence-electron chi connectivity index (χ1n) is 5.75. The molecule has 1 aromatic heterocycles. The Bertz CT molecular complexity index is 610. The maximum Gasteiger partial charge on any atom is 0.161 e. The lowest BCUT2D eigenvalue weighted by atomic mass is 10.2. The van der Waals surface area contributed by atoms with E-state index in [1.54, 1.807) is 20.4 Å². The number of benzene rings is 1. The van der Waals surface area contributed by atoms with Crippen LogP contribution in [0.15, 0.2) is 29.1 Å². The van der Waals surface area contributed by atoms with Crippen LogP contribution in [0.25, 0.3) is 0 Å². The van der Waals surface area contributed by atoms with Gasteiger partial charge in [0, 0.05) is 11.0 Å². The van der Waals surface area contributed by atoms with Crippen molar-refractivity contribution in [3.05, 3.63) is 39.7 Å². The van der Waals surface area contributed by atoms with Crippen LogP contribution in [0.4, 0.5) is 5.82 Å². The van der Waals surface area contributed by atoms with Crippen LogP contribution in [-0.2, 0) is 6.54 Å².